The Labute approximate surface area is 186 Å². The number of ether oxygens (including phenoxy) is 3. The van der Waals surface area contributed by atoms with E-state index in [4.69, 9.17) is 19.2 Å². The van der Waals surface area contributed by atoms with E-state index in [1.807, 2.05) is 12.1 Å². The molecule has 0 saturated carbocycles. The standard InChI is InChI=1S/C21H33N3O3.HI/c1-6-22-21(23-10-7-17-8-11-27-12-9-17)24(3)15-18-14-20(26-5)19(25-4)13-16(18)2;/h8,13-14H,6-7,9-12,15H2,1-5H3,(H,22,23);1H. The Hall–Kier alpha value is -1.48. The number of methoxy groups -OCH3 is 2. The first-order valence-electron chi connectivity index (χ1n) is 9.55. The van der Waals surface area contributed by atoms with Gasteiger partial charge in [-0.15, -0.1) is 24.0 Å². The Bertz CT molecular complexity index is 677. The molecule has 0 saturated heterocycles. The van der Waals surface area contributed by atoms with Crippen LogP contribution in [0.5, 0.6) is 11.5 Å². The minimum absolute atomic E-state index is 0. The van der Waals surface area contributed by atoms with Crippen molar-refractivity contribution < 1.29 is 14.2 Å². The zero-order valence-corrected chi connectivity index (χ0v) is 20.0. The second kappa shape index (κ2) is 12.9. The van der Waals surface area contributed by atoms with Crippen LogP contribution in [0.4, 0.5) is 0 Å². The normalized spacial score (nSPS) is 14.0. The molecule has 0 radical (unpaired) electrons. The molecule has 0 amide bonds. The van der Waals surface area contributed by atoms with Crippen molar-refractivity contribution in [2.45, 2.75) is 33.2 Å². The topological polar surface area (TPSA) is 55.3 Å². The van der Waals surface area contributed by atoms with Crippen molar-refractivity contribution in [2.75, 3.05) is 47.6 Å². The summed E-state index contributed by atoms with van der Waals surface area (Å²) in [7, 11) is 5.38. The van der Waals surface area contributed by atoms with Crippen LogP contribution in [0.1, 0.15) is 30.9 Å². The average Bonchev–Trinajstić information content (AvgIpc) is 2.69. The lowest BCUT2D eigenvalue weighted by Crippen LogP contribution is -2.38. The number of rotatable bonds is 8. The van der Waals surface area contributed by atoms with Crippen LogP contribution in [0, 0.1) is 6.92 Å². The summed E-state index contributed by atoms with van der Waals surface area (Å²) in [5.74, 6) is 2.42. The van der Waals surface area contributed by atoms with Crippen molar-refractivity contribution >= 4 is 29.9 Å². The molecule has 0 bridgehead atoms. The van der Waals surface area contributed by atoms with Crippen molar-refractivity contribution in [2.24, 2.45) is 4.99 Å². The van der Waals surface area contributed by atoms with Crippen LogP contribution in [-0.2, 0) is 11.3 Å². The zero-order chi connectivity index (χ0) is 19.6. The highest BCUT2D eigenvalue weighted by molar-refractivity contribution is 14.0. The van der Waals surface area contributed by atoms with Crippen molar-refractivity contribution in [3.05, 3.63) is 34.9 Å². The van der Waals surface area contributed by atoms with Gasteiger partial charge in [0.25, 0.3) is 0 Å². The summed E-state index contributed by atoms with van der Waals surface area (Å²) in [6.07, 6.45) is 4.19. The van der Waals surface area contributed by atoms with Gasteiger partial charge in [-0.3, -0.25) is 4.99 Å². The van der Waals surface area contributed by atoms with E-state index in [0.717, 1.165) is 63.1 Å². The second-order valence-electron chi connectivity index (χ2n) is 6.66. The van der Waals surface area contributed by atoms with Crippen LogP contribution < -0.4 is 14.8 Å². The number of guanidine groups is 1. The predicted molar refractivity (Wildman–Crippen MR) is 125 cm³/mol. The van der Waals surface area contributed by atoms with Gasteiger partial charge in [0.1, 0.15) is 0 Å². The molecule has 28 heavy (non-hydrogen) atoms. The first-order chi connectivity index (χ1) is 13.1. The summed E-state index contributed by atoms with van der Waals surface area (Å²) in [5.41, 5.74) is 3.80. The quantitative estimate of drug-likeness (QED) is 0.254. The molecule has 0 aliphatic carbocycles. The summed E-state index contributed by atoms with van der Waals surface area (Å²) in [6.45, 7) is 8.10. The molecule has 0 fully saturated rings. The monoisotopic (exact) mass is 503 g/mol. The molecule has 1 heterocycles. The molecule has 1 N–H and O–H groups in total. The van der Waals surface area contributed by atoms with Crippen molar-refractivity contribution in [1.82, 2.24) is 10.2 Å². The first kappa shape index (κ1) is 24.6. The molecular formula is C21H34IN3O3. The lowest BCUT2D eigenvalue weighted by Gasteiger charge is -2.24. The summed E-state index contributed by atoms with van der Waals surface area (Å²) in [5, 5.41) is 3.39. The van der Waals surface area contributed by atoms with Gasteiger partial charge >= 0.3 is 0 Å². The Kier molecular flexibility index (Phi) is 11.3. The molecule has 0 spiro atoms. The van der Waals surface area contributed by atoms with E-state index in [2.05, 4.69) is 37.2 Å². The number of hydrogen-bond acceptors (Lipinski definition) is 4. The Morgan fingerprint density at radius 3 is 2.57 bits per heavy atom. The third kappa shape index (κ3) is 7.16. The van der Waals surface area contributed by atoms with E-state index in [1.165, 1.54) is 16.7 Å². The minimum atomic E-state index is 0. The van der Waals surface area contributed by atoms with E-state index in [0.29, 0.717) is 0 Å². The fourth-order valence-corrected chi connectivity index (χ4v) is 3.09. The van der Waals surface area contributed by atoms with E-state index in [-0.39, 0.29) is 24.0 Å². The van der Waals surface area contributed by atoms with Crippen LogP contribution in [0.2, 0.25) is 0 Å². The number of nitrogens with one attached hydrogen (secondary N) is 1. The predicted octanol–water partition coefficient (Wildman–Crippen LogP) is 3.76. The summed E-state index contributed by atoms with van der Waals surface area (Å²) in [6, 6.07) is 4.06. The van der Waals surface area contributed by atoms with E-state index < -0.39 is 0 Å². The molecule has 1 aliphatic rings. The van der Waals surface area contributed by atoms with Crippen molar-refractivity contribution in [3.63, 3.8) is 0 Å². The highest BCUT2D eigenvalue weighted by atomic mass is 127. The number of hydrogen-bond donors (Lipinski definition) is 1. The molecule has 158 valence electrons. The largest absolute Gasteiger partial charge is 0.493 e. The molecule has 1 aliphatic heterocycles. The molecule has 1 aromatic rings. The van der Waals surface area contributed by atoms with Gasteiger partial charge in [0, 0.05) is 26.7 Å². The average molecular weight is 503 g/mol. The molecule has 0 unspecified atom stereocenters. The van der Waals surface area contributed by atoms with Crippen LogP contribution in [0.3, 0.4) is 0 Å². The Balaban J connectivity index is 0.00000392. The van der Waals surface area contributed by atoms with Gasteiger partial charge in [0.2, 0.25) is 0 Å². The van der Waals surface area contributed by atoms with E-state index >= 15 is 0 Å². The van der Waals surface area contributed by atoms with E-state index in [9.17, 15) is 0 Å². The minimum Gasteiger partial charge on any atom is -0.493 e. The van der Waals surface area contributed by atoms with Gasteiger partial charge in [0.15, 0.2) is 17.5 Å². The maximum absolute atomic E-state index is 5.45. The molecular weight excluding hydrogens is 469 g/mol. The van der Waals surface area contributed by atoms with Gasteiger partial charge in [-0.2, -0.15) is 0 Å². The maximum atomic E-state index is 5.45. The number of aliphatic imine (C=N–C) groups is 1. The van der Waals surface area contributed by atoms with Crippen LogP contribution in [0.25, 0.3) is 0 Å². The van der Waals surface area contributed by atoms with Crippen LogP contribution >= 0.6 is 24.0 Å². The highest BCUT2D eigenvalue weighted by Crippen LogP contribution is 2.30. The van der Waals surface area contributed by atoms with Gasteiger partial charge in [-0.25, -0.2) is 0 Å². The number of halogens is 1. The molecule has 6 nitrogen and oxygen atoms in total. The fourth-order valence-electron chi connectivity index (χ4n) is 3.09. The molecule has 1 aromatic carbocycles. The second-order valence-corrected chi connectivity index (χ2v) is 6.66. The van der Waals surface area contributed by atoms with Crippen molar-refractivity contribution in [1.29, 1.82) is 0 Å². The lowest BCUT2D eigenvalue weighted by molar-refractivity contribution is 0.153. The number of nitrogens with zero attached hydrogens (tertiary/aromatic N) is 2. The van der Waals surface area contributed by atoms with E-state index in [1.54, 1.807) is 14.2 Å². The number of aryl methyl sites for hydroxylation is 1. The molecule has 0 aromatic heterocycles. The molecule has 7 heteroatoms. The summed E-state index contributed by atoms with van der Waals surface area (Å²) in [4.78, 5) is 6.95. The van der Waals surface area contributed by atoms with Crippen LogP contribution in [0.15, 0.2) is 28.8 Å². The maximum Gasteiger partial charge on any atom is 0.193 e. The first-order valence-corrected chi connectivity index (χ1v) is 9.55. The Morgan fingerprint density at radius 1 is 1.25 bits per heavy atom. The van der Waals surface area contributed by atoms with Gasteiger partial charge < -0.3 is 24.4 Å². The lowest BCUT2D eigenvalue weighted by atomic mass is 10.1. The third-order valence-corrected chi connectivity index (χ3v) is 4.70. The fraction of sp³-hybridized carbons (Fsp3) is 0.571. The number of benzene rings is 1. The summed E-state index contributed by atoms with van der Waals surface area (Å²) >= 11 is 0. The van der Waals surface area contributed by atoms with Crippen LogP contribution in [-0.4, -0.2) is 58.4 Å². The SMILES string of the molecule is CCNC(=NCCC1=CCOCC1)N(C)Cc1cc(OC)c(OC)cc1C.I. The van der Waals surface area contributed by atoms with Gasteiger partial charge in [0.05, 0.1) is 27.4 Å². The molecule has 2 rings (SSSR count). The highest BCUT2D eigenvalue weighted by Gasteiger charge is 2.13. The smallest absolute Gasteiger partial charge is 0.193 e. The van der Waals surface area contributed by atoms with Gasteiger partial charge in [-0.1, -0.05) is 11.6 Å². The third-order valence-electron chi connectivity index (χ3n) is 4.70. The summed E-state index contributed by atoms with van der Waals surface area (Å²) < 4.78 is 16.2. The zero-order valence-electron chi connectivity index (χ0n) is 17.7. The molecule has 0 atom stereocenters. The van der Waals surface area contributed by atoms with Gasteiger partial charge in [-0.05, 0) is 49.9 Å². The Morgan fingerprint density at radius 2 is 1.96 bits per heavy atom. The van der Waals surface area contributed by atoms with Crippen molar-refractivity contribution in [3.8, 4) is 11.5 Å².